The SMILES string of the molecule is C=CC[C@H]1O[C@](O)(CO)[C@@H](O)[C@H](O)[C@H]1NC=O. The minimum Gasteiger partial charge on any atom is -0.391 e. The highest BCUT2D eigenvalue weighted by atomic mass is 16.7. The molecule has 0 unspecified atom stereocenters. The molecule has 1 heterocycles. The van der Waals surface area contributed by atoms with E-state index in [1.54, 1.807) is 0 Å². The number of nitrogens with one attached hydrogen (secondary N) is 1. The molecule has 1 aliphatic heterocycles. The Balaban J connectivity index is 2.92. The highest BCUT2D eigenvalue weighted by molar-refractivity contribution is 5.47. The smallest absolute Gasteiger partial charge is 0.218 e. The standard InChI is InChI=1S/C10H17NO6/c1-2-3-6-7(11-5-13)8(14)9(15)10(16,4-12)17-6/h2,5-9,12,14-16H,1,3-4H2,(H,11,13)/t6-,7+,8-,9+,10-/m1/s1. The summed E-state index contributed by atoms with van der Waals surface area (Å²) in [4.78, 5) is 10.4. The molecular formula is C10H17NO6. The lowest BCUT2D eigenvalue weighted by atomic mass is 9.89. The summed E-state index contributed by atoms with van der Waals surface area (Å²) >= 11 is 0. The Morgan fingerprint density at radius 1 is 1.47 bits per heavy atom. The van der Waals surface area contributed by atoms with Gasteiger partial charge in [-0.3, -0.25) is 4.79 Å². The maximum Gasteiger partial charge on any atom is 0.218 e. The molecule has 7 nitrogen and oxygen atoms in total. The van der Waals surface area contributed by atoms with Crippen molar-refractivity contribution in [1.82, 2.24) is 5.32 Å². The molecule has 1 fully saturated rings. The van der Waals surface area contributed by atoms with E-state index in [4.69, 9.17) is 9.84 Å². The summed E-state index contributed by atoms with van der Waals surface area (Å²) in [5.41, 5.74) is 0. The third kappa shape index (κ3) is 2.64. The number of ether oxygens (including phenoxy) is 1. The van der Waals surface area contributed by atoms with Crippen molar-refractivity contribution in [2.45, 2.75) is 36.6 Å². The van der Waals surface area contributed by atoms with Crippen LogP contribution in [0.2, 0.25) is 0 Å². The van der Waals surface area contributed by atoms with Crippen LogP contribution in [0.15, 0.2) is 12.7 Å². The summed E-state index contributed by atoms with van der Waals surface area (Å²) in [5, 5.41) is 40.4. The number of rotatable bonds is 5. The van der Waals surface area contributed by atoms with Crippen LogP contribution >= 0.6 is 0 Å². The molecule has 5 atom stereocenters. The van der Waals surface area contributed by atoms with Crippen LogP contribution in [0.4, 0.5) is 0 Å². The van der Waals surface area contributed by atoms with Crippen molar-refractivity contribution in [3.8, 4) is 0 Å². The number of carbonyl (C=O) groups excluding carboxylic acids is 1. The van der Waals surface area contributed by atoms with E-state index < -0.39 is 36.7 Å². The van der Waals surface area contributed by atoms with Crippen molar-refractivity contribution < 1.29 is 30.0 Å². The lowest BCUT2D eigenvalue weighted by Crippen LogP contribution is -2.68. The quantitative estimate of drug-likeness (QED) is 0.270. The van der Waals surface area contributed by atoms with E-state index in [1.165, 1.54) is 6.08 Å². The lowest BCUT2D eigenvalue weighted by molar-refractivity contribution is -0.338. The van der Waals surface area contributed by atoms with Gasteiger partial charge in [0.1, 0.15) is 12.2 Å². The first-order chi connectivity index (χ1) is 8.00. The van der Waals surface area contributed by atoms with Crippen LogP contribution in [0, 0.1) is 0 Å². The predicted molar refractivity (Wildman–Crippen MR) is 56.7 cm³/mol. The Morgan fingerprint density at radius 2 is 2.12 bits per heavy atom. The van der Waals surface area contributed by atoms with E-state index in [1.807, 2.05) is 0 Å². The normalized spacial score (nSPS) is 41.9. The monoisotopic (exact) mass is 247 g/mol. The third-order valence-electron chi connectivity index (χ3n) is 2.80. The Labute approximate surface area is 98.3 Å². The van der Waals surface area contributed by atoms with Gasteiger partial charge in [0.05, 0.1) is 18.8 Å². The van der Waals surface area contributed by atoms with E-state index in [2.05, 4.69) is 11.9 Å². The molecule has 0 bridgehead atoms. The minimum absolute atomic E-state index is 0.234. The van der Waals surface area contributed by atoms with Crippen molar-refractivity contribution >= 4 is 6.41 Å². The van der Waals surface area contributed by atoms with Crippen molar-refractivity contribution in [3.05, 3.63) is 12.7 Å². The maximum absolute atomic E-state index is 10.4. The molecule has 1 amide bonds. The fourth-order valence-electron chi connectivity index (χ4n) is 1.86. The Hall–Kier alpha value is -0.990. The van der Waals surface area contributed by atoms with Gasteiger partial charge in [-0.05, 0) is 6.42 Å². The summed E-state index contributed by atoms with van der Waals surface area (Å²) in [6.07, 6.45) is -1.87. The highest BCUT2D eigenvalue weighted by Crippen LogP contribution is 2.29. The van der Waals surface area contributed by atoms with Gasteiger partial charge in [0.25, 0.3) is 0 Å². The maximum atomic E-state index is 10.4. The van der Waals surface area contributed by atoms with Gasteiger partial charge in [0, 0.05) is 0 Å². The molecule has 0 saturated carbocycles. The Kier molecular flexibility index (Phi) is 4.61. The summed E-state index contributed by atoms with van der Waals surface area (Å²) in [7, 11) is 0. The van der Waals surface area contributed by atoms with Gasteiger partial charge in [0.2, 0.25) is 12.2 Å². The Bertz CT molecular complexity index is 286. The zero-order valence-corrected chi connectivity index (χ0v) is 9.19. The van der Waals surface area contributed by atoms with Crippen molar-refractivity contribution in [3.63, 3.8) is 0 Å². The molecule has 0 aliphatic carbocycles. The first-order valence-corrected chi connectivity index (χ1v) is 5.18. The van der Waals surface area contributed by atoms with Gasteiger partial charge >= 0.3 is 0 Å². The molecule has 0 aromatic heterocycles. The lowest BCUT2D eigenvalue weighted by Gasteiger charge is -2.46. The summed E-state index contributed by atoms with van der Waals surface area (Å²) in [6, 6.07) is -0.882. The molecule has 17 heavy (non-hydrogen) atoms. The molecule has 0 radical (unpaired) electrons. The summed E-state index contributed by atoms with van der Waals surface area (Å²) in [6.45, 7) is 2.61. The third-order valence-corrected chi connectivity index (χ3v) is 2.80. The second-order valence-electron chi connectivity index (χ2n) is 3.93. The topological polar surface area (TPSA) is 119 Å². The number of aliphatic hydroxyl groups excluding tert-OH is 3. The zero-order valence-electron chi connectivity index (χ0n) is 9.19. The average molecular weight is 247 g/mol. The second kappa shape index (κ2) is 5.56. The fraction of sp³-hybridized carbons (Fsp3) is 0.700. The molecule has 98 valence electrons. The number of hydrogen-bond donors (Lipinski definition) is 5. The number of carbonyl (C=O) groups is 1. The predicted octanol–water partition coefficient (Wildman–Crippen LogP) is -2.52. The second-order valence-corrected chi connectivity index (χ2v) is 3.93. The van der Waals surface area contributed by atoms with Crippen LogP contribution in [0.3, 0.4) is 0 Å². The average Bonchev–Trinajstić information content (AvgIpc) is 2.32. The largest absolute Gasteiger partial charge is 0.391 e. The molecule has 0 spiro atoms. The van der Waals surface area contributed by atoms with Crippen LogP contribution in [-0.4, -0.2) is 63.6 Å². The molecule has 1 saturated heterocycles. The fourth-order valence-corrected chi connectivity index (χ4v) is 1.86. The van der Waals surface area contributed by atoms with E-state index in [-0.39, 0.29) is 6.42 Å². The van der Waals surface area contributed by atoms with E-state index in [9.17, 15) is 20.1 Å². The van der Waals surface area contributed by atoms with E-state index in [0.29, 0.717) is 6.41 Å². The van der Waals surface area contributed by atoms with Crippen molar-refractivity contribution in [2.24, 2.45) is 0 Å². The summed E-state index contributed by atoms with van der Waals surface area (Å²) < 4.78 is 5.11. The van der Waals surface area contributed by atoms with Gasteiger partial charge in [-0.25, -0.2) is 0 Å². The van der Waals surface area contributed by atoms with Gasteiger partial charge in [-0.15, -0.1) is 6.58 Å². The van der Waals surface area contributed by atoms with Crippen molar-refractivity contribution in [1.29, 1.82) is 0 Å². The minimum atomic E-state index is -2.24. The van der Waals surface area contributed by atoms with E-state index >= 15 is 0 Å². The Morgan fingerprint density at radius 3 is 2.59 bits per heavy atom. The molecule has 1 aliphatic rings. The van der Waals surface area contributed by atoms with Crippen molar-refractivity contribution in [2.75, 3.05) is 6.61 Å². The van der Waals surface area contributed by atoms with Crippen LogP contribution in [0.5, 0.6) is 0 Å². The number of aliphatic hydroxyl groups is 4. The van der Waals surface area contributed by atoms with Gasteiger partial charge in [-0.2, -0.15) is 0 Å². The van der Waals surface area contributed by atoms with Crippen LogP contribution in [0.25, 0.3) is 0 Å². The first-order valence-electron chi connectivity index (χ1n) is 5.18. The number of amides is 1. The van der Waals surface area contributed by atoms with Gasteiger partial charge in [0.15, 0.2) is 0 Å². The molecule has 5 N–H and O–H groups in total. The van der Waals surface area contributed by atoms with Crippen LogP contribution in [-0.2, 0) is 9.53 Å². The molecule has 1 rings (SSSR count). The molecular weight excluding hydrogens is 230 g/mol. The highest BCUT2D eigenvalue weighted by Gasteiger charge is 2.52. The first kappa shape index (κ1) is 14.1. The zero-order chi connectivity index (χ0) is 13.1. The van der Waals surface area contributed by atoms with Gasteiger partial charge < -0.3 is 30.5 Å². The molecule has 0 aromatic carbocycles. The van der Waals surface area contributed by atoms with Crippen LogP contribution < -0.4 is 5.32 Å². The molecule has 7 heteroatoms. The van der Waals surface area contributed by atoms with Gasteiger partial charge in [-0.1, -0.05) is 6.08 Å². The van der Waals surface area contributed by atoms with E-state index in [0.717, 1.165) is 0 Å². The number of hydrogen-bond acceptors (Lipinski definition) is 6. The van der Waals surface area contributed by atoms with Crippen LogP contribution in [0.1, 0.15) is 6.42 Å². The molecule has 0 aromatic rings. The summed E-state index contributed by atoms with van der Waals surface area (Å²) in [5.74, 6) is -2.24.